The quantitative estimate of drug-likeness (QED) is 0.768. The van der Waals surface area contributed by atoms with E-state index in [0.717, 1.165) is 12.1 Å². The van der Waals surface area contributed by atoms with Crippen LogP contribution in [-0.4, -0.2) is 11.1 Å². The van der Waals surface area contributed by atoms with Crippen LogP contribution in [0, 0.1) is 12.7 Å². The number of carbonyl (C=O) groups is 1. The van der Waals surface area contributed by atoms with Gasteiger partial charge in [-0.1, -0.05) is 6.07 Å². The first-order valence-electron chi connectivity index (χ1n) is 3.65. The smallest absolute Gasteiger partial charge is 0.343 e. The van der Waals surface area contributed by atoms with E-state index in [-0.39, 0.29) is 5.56 Å². The minimum Gasteiger partial charge on any atom is -0.479 e. The molecule has 4 heteroatoms. The lowest BCUT2D eigenvalue weighted by Crippen LogP contribution is -2.07. The predicted octanol–water partition coefficient (Wildman–Crippen LogP) is 2.23. The van der Waals surface area contributed by atoms with E-state index in [4.69, 9.17) is 5.11 Å². The maximum absolute atomic E-state index is 12.9. The average molecular weight is 186 g/mol. The molecule has 0 radical (unpaired) electrons. The van der Waals surface area contributed by atoms with Crippen LogP contribution < -0.4 is 0 Å². The number of halogens is 2. The summed E-state index contributed by atoms with van der Waals surface area (Å²) in [5, 5.41) is 8.35. The van der Waals surface area contributed by atoms with Gasteiger partial charge in [0.2, 0.25) is 6.17 Å². The van der Waals surface area contributed by atoms with Gasteiger partial charge in [-0.25, -0.2) is 13.6 Å². The Balaban J connectivity index is 3.12. The molecule has 1 atom stereocenters. The first-order chi connectivity index (χ1) is 6.02. The summed E-state index contributed by atoms with van der Waals surface area (Å²) in [4.78, 5) is 10.3. The van der Waals surface area contributed by atoms with Gasteiger partial charge in [-0.3, -0.25) is 0 Å². The standard InChI is InChI=1S/C9H8F2O2/c1-5-2-3-6(10)4-7(5)8(11)9(12)13/h2-4,8H,1H3,(H,12,13). The van der Waals surface area contributed by atoms with Crippen molar-refractivity contribution in [1.82, 2.24) is 0 Å². The van der Waals surface area contributed by atoms with Crippen molar-refractivity contribution in [2.24, 2.45) is 0 Å². The Hall–Kier alpha value is -1.45. The normalized spacial score (nSPS) is 12.5. The molecule has 1 aromatic rings. The zero-order valence-electron chi connectivity index (χ0n) is 6.92. The Morgan fingerprint density at radius 1 is 1.54 bits per heavy atom. The minimum atomic E-state index is -2.16. The summed E-state index contributed by atoms with van der Waals surface area (Å²) in [7, 11) is 0. The lowest BCUT2D eigenvalue weighted by molar-refractivity contribution is -0.143. The molecule has 0 heterocycles. The molecule has 13 heavy (non-hydrogen) atoms. The van der Waals surface area contributed by atoms with E-state index in [0.29, 0.717) is 5.56 Å². The highest BCUT2D eigenvalue weighted by atomic mass is 19.1. The van der Waals surface area contributed by atoms with Crippen molar-refractivity contribution in [1.29, 1.82) is 0 Å². The monoisotopic (exact) mass is 186 g/mol. The van der Waals surface area contributed by atoms with Crippen molar-refractivity contribution in [2.45, 2.75) is 13.1 Å². The maximum Gasteiger partial charge on any atom is 0.343 e. The fourth-order valence-corrected chi connectivity index (χ4v) is 1.02. The number of hydrogen-bond acceptors (Lipinski definition) is 1. The van der Waals surface area contributed by atoms with Crippen LogP contribution in [0.5, 0.6) is 0 Å². The molecule has 0 bridgehead atoms. The molecule has 2 nitrogen and oxygen atoms in total. The van der Waals surface area contributed by atoms with E-state index in [1.54, 1.807) is 0 Å². The molecule has 0 aromatic heterocycles. The van der Waals surface area contributed by atoms with Gasteiger partial charge in [-0.15, -0.1) is 0 Å². The summed E-state index contributed by atoms with van der Waals surface area (Å²) in [6.07, 6.45) is -2.16. The fourth-order valence-electron chi connectivity index (χ4n) is 1.02. The number of carboxylic acid groups (broad SMARTS) is 1. The molecule has 70 valence electrons. The van der Waals surface area contributed by atoms with Gasteiger partial charge in [-0.2, -0.15) is 0 Å². The van der Waals surface area contributed by atoms with Gasteiger partial charge in [0.25, 0.3) is 0 Å². The predicted molar refractivity (Wildman–Crippen MR) is 42.6 cm³/mol. The number of rotatable bonds is 2. The second kappa shape index (κ2) is 3.51. The maximum atomic E-state index is 12.9. The number of aliphatic carboxylic acids is 1. The molecule has 1 unspecified atom stereocenters. The van der Waals surface area contributed by atoms with E-state index in [1.807, 2.05) is 0 Å². The molecule has 0 aliphatic heterocycles. The first-order valence-corrected chi connectivity index (χ1v) is 3.65. The number of alkyl halides is 1. The number of carboxylic acids is 1. The van der Waals surface area contributed by atoms with Crippen molar-refractivity contribution in [2.75, 3.05) is 0 Å². The van der Waals surface area contributed by atoms with Crippen molar-refractivity contribution in [3.05, 3.63) is 35.1 Å². The SMILES string of the molecule is Cc1ccc(F)cc1C(F)C(=O)O. The Morgan fingerprint density at radius 2 is 2.15 bits per heavy atom. The largest absolute Gasteiger partial charge is 0.479 e. The van der Waals surface area contributed by atoms with Crippen LogP contribution in [0.1, 0.15) is 17.3 Å². The summed E-state index contributed by atoms with van der Waals surface area (Å²) in [5.74, 6) is -2.24. The highest BCUT2D eigenvalue weighted by molar-refractivity contribution is 5.74. The van der Waals surface area contributed by atoms with Crippen molar-refractivity contribution in [3.8, 4) is 0 Å². The van der Waals surface area contributed by atoms with Gasteiger partial charge in [0.1, 0.15) is 5.82 Å². The van der Waals surface area contributed by atoms with Crippen LogP contribution in [0.2, 0.25) is 0 Å². The minimum absolute atomic E-state index is 0.132. The third-order valence-corrected chi connectivity index (χ3v) is 1.73. The van der Waals surface area contributed by atoms with E-state index in [9.17, 15) is 13.6 Å². The molecular formula is C9H8F2O2. The van der Waals surface area contributed by atoms with E-state index in [2.05, 4.69) is 0 Å². The Bertz CT molecular complexity index is 336. The number of aryl methyl sites for hydroxylation is 1. The highest BCUT2D eigenvalue weighted by Crippen LogP contribution is 2.22. The van der Waals surface area contributed by atoms with Crippen LogP contribution in [0.25, 0.3) is 0 Å². The average Bonchev–Trinajstić information content (AvgIpc) is 2.08. The molecule has 0 saturated carbocycles. The molecule has 0 spiro atoms. The molecule has 0 amide bonds. The second-order valence-corrected chi connectivity index (χ2v) is 2.70. The molecule has 0 aliphatic carbocycles. The van der Waals surface area contributed by atoms with E-state index < -0.39 is 18.0 Å². The summed E-state index contributed by atoms with van der Waals surface area (Å²) in [6.45, 7) is 1.53. The summed E-state index contributed by atoms with van der Waals surface area (Å²) in [6, 6.07) is 3.40. The van der Waals surface area contributed by atoms with Gasteiger partial charge in [0.15, 0.2) is 0 Å². The Kier molecular flexibility index (Phi) is 2.60. The third-order valence-electron chi connectivity index (χ3n) is 1.73. The number of benzene rings is 1. The zero-order chi connectivity index (χ0) is 10.0. The van der Waals surface area contributed by atoms with Crippen molar-refractivity contribution in [3.63, 3.8) is 0 Å². The van der Waals surface area contributed by atoms with Crippen LogP contribution in [0.15, 0.2) is 18.2 Å². The second-order valence-electron chi connectivity index (χ2n) is 2.70. The summed E-state index contributed by atoms with van der Waals surface area (Å²) in [5.41, 5.74) is 0.295. The van der Waals surface area contributed by atoms with Crippen LogP contribution >= 0.6 is 0 Å². The first kappa shape index (κ1) is 9.64. The molecule has 0 saturated heterocycles. The zero-order valence-corrected chi connectivity index (χ0v) is 6.92. The summed E-state index contributed by atoms with van der Waals surface area (Å²) < 4.78 is 25.5. The Morgan fingerprint density at radius 3 is 2.69 bits per heavy atom. The highest BCUT2D eigenvalue weighted by Gasteiger charge is 2.20. The van der Waals surface area contributed by atoms with Gasteiger partial charge in [-0.05, 0) is 24.6 Å². The van der Waals surface area contributed by atoms with Crippen LogP contribution in [0.3, 0.4) is 0 Å². The van der Waals surface area contributed by atoms with Crippen molar-refractivity contribution < 1.29 is 18.7 Å². The van der Waals surface area contributed by atoms with Gasteiger partial charge < -0.3 is 5.11 Å². The van der Waals surface area contributed by atoms with Gasteiger partial charge in [0.05, 0.1) is 0 Å². The van der Waals surface area contributed by atoms with Crippen LogP contribution in [0.4, 0.5) is 8.78 Å². The molecule has 0 aliphatic rings. The van der Waals surface area contributed by atoms with Gasteiger partial charge >= 0.3 is 5.97 Å². The van der Waals surface area contributed by atoms with Crippen molar-refractivity contribution >= 4 is 5.97 Å². The van der Waals surface area contributed by atoms with E-state index in [1.165, 1.54) is 13.0 Å². The lowest BCUT2D eigenvalue weighted by atomic mass is 10.0. The molecule has 1 N–H and O–H groups in total. The topological polar surface area (TPSA) is 37.3 Å². The number of hydrogen-bond donors (Lipinski definition) is 1. The molecule has 1 aromatic carbocycles. The Labute approximate surface area is 73.8 Å². The molecule has 0 fully saturated rings. The fraction of sp³-hybridized carbons (Fsp3) is 0.222. The van der Waals surface area contributed by atoms with Gasteiger partial charge in [0, 0.05) is 5.56 Å². The molecular weight excluding hydrogens is 178 g/mol. The third kappa shape index (κ3) is 2.02. The lowest BCUT2D eigenvalue weighted by Gasteiger charge is -2.06. The summed E-state index contributed by atoms with van der Waals surface area (Å²) >= 11 is 0. The van der Waals surface area contributed by atoms with E-state index >= 15 is 0 Å². The molecule has 1 rings (SSSR count). The van der Waals surface area contributed by atoms with Crippen LogP contribution in [-0.2, 0) is 4.79 Å².